The first-order valence-electron chi connectivity index (χ1n) is 9.18. The summed E-state index contributed by atoms with van der Waals surface area (Å²) in [5, 5.41) is 2.80. The number of hydrogen-bond acceptors (Lipinski definition) is 4. The fourth-order valence-corrected chi connectivity index (χ4v) is 3.46. The largest absolute Gasteiger partial charge is 0.375 e. The number of hydrogen-bond donors (Lipinski definition) is 1. The van der Waals surface area contributed by atoms with Gasteiger partial charge in [0.25, 0.3) is 0 Å². The van der Waals surface area contributed by atoms with Crippen molar-refractivity contribution in [2.75, 3.05) is 32.1 Å². The van der Waals surface area contributed by atoms with Crippen molar-refractivity contribution in [3.8, 4) is 11.3 Å². The Morgan fingerprint density at radius 1 is 1.26 bits per heavy atom. The van der Waals surface area contributed by atoms with E-state index < -0.39 is 0 Å². The number of benzene rings is 1. The van der Waals surface area contributed by atoms with Crippen LogP contribution in [-0.2, 0) is 14.3 Å². The number of piperidine rings is 1. The minimum Gasteiger partial charge on any atom is -0.375 e. The molecule has 1 saturated heterocycles. The molecule has 2 amide bonds. The van der Waals surface area contributed by atoms with E-state index in [1.165, 1.54) is 6.92 Å². The number of anilines is 1. The van der Waals surface area contributed by atoms with Gasteiger partial charge in [-0.2, -0.15) is 0 Å². The molecule has 27 heavy (non-hydrogen) atoms. The maximum atomic E-state index is 12.1. The Bertz CT molecular complexity index is 822. The highest BCUT2D eigenvalue weighted by Gasteiger charge is 2.25. The summed E-state index contributed by atoms with van der Waals surface area (Å²) >= 11 is 0. The van der Waals surface area contributed by atoms with Crippen molar-refractivity contribution in [3.63, 3.8) is 0 Å². The van der Waals surface area contributed by atoms with E-state index >= 15 is 0 Å². The minimum atomic E-state index is -0.100. The third-order valence-corrected chi connectivity index (χ3v) is 4.71. The molecule has 2 heterocycles. The van der Waals surface area contributed by atoms with Crippen molar-refractivity contribution in [1.29, 1.82) is 0 Å². The lowest BCUT2D eigenvalue weighted by Gasteiger charge is -2.32. The maximum absolute atomic E-state index is 12.1. The summed E-state index contributed by atoms with van der Waals surface area (Å²) < 4.78 is 4.98. The van der Waals surface area contributed by atoms with Gasteiger partial charge in [-0.15, -0.1) is 0 Å². The van der Waals surface area contributed by atoms with Crippen LogP contribution in [0.15, 0.2) is 42.5 Å². The molecule has 3 rings (SSSR count). The highest BCUT2D eigenvalue weighted by atomic mass is 16.5. The zero-order chi connectivity index (χ0) is 19.2. The minimum absolute atomic E-state index is 0.0290. The molecule has 6 nitrogen and oxygen atoms in total. The van der Waals surface area contributed by atoms with Crippen LogP contribution >= 0.6 is 0 Å². The first-order chi connectivity index (χ1) is 13.1. The van der Waals surface area contributed by atoms with E-state index in [2.05, 4.69) is 5.32 Å². The normalized spacial score (nSPS) is 16.8. The number of ether oxygens (including phenoxy) is 1. The summed E-state index contributed by atoms with van der Waals surface area (Å²) in [6.07, 6.45) is 1.98. The third-order valence-electron chi connectivity index (χ3n) is 4.71. The second-order valence-electron chi connectivity index (χ2n) is 6.82. The number of likely N-dealkylation sites (tertiary alicyclic amines) is 1. The van der Waals surface area contributed by atoms with Gasteiger partial charge in [-0.1, -0.05) is 18.2 Å². The Balaban J connectivity index is 1.79. The molecular weight excluding hydrogens is 342 g/mol. The van der Waals surface area contributed by atoms with Crippen molar-refractivity contribution in [2.24, 2.45) is 0 Å². The topological polar surface area (TPSA) is 71.5 Å². The molecule has 1 fully saturated rings. The molecule has 0 spiro atoms. The van der Waals surface area contributed by atoms with E-state index in [9.17, 15) is 9.59 Å². The van der Waals surface area contributed by atoms with Crippen molar-refractivity contribution in [2.45, 2.75) is 25.7 Å². The van der Waals surface area contributed by atoms with Crippen LogP contribution in [-0.4, -0.2) is 48.5 Å². The first-order valence-corrected chi connectivity index (χ1v) is 9.18. The van der Waals surface area contributed by atoms with Crippen molar-refractivity contribution in [3.05, 3.63) is 48.2 Å². The van der Waals surface area contributed by atoms with Gasteiger partial charge in [0.05, 0.1) is 5.69 Å². The number of carbonyl (C=O) groups is 2. The second kappa shape index (κ2) is 8.77. The number of amides is 2. The number of methoxy groups -OCH3 is 1. The fourth-order valence-electron chi connectivity index (χ4n) is 3.46. The Hall–Kier alpha value is -2.73. The van der Waals surface area contributed by atoms with E-state index in [1.54, 1.807) is 7.11 Å². The Morgan fingerprint density at radius 3 is 2.85 bits per heavy atom. The van der Waals surface area contributed by atoms with Gasteiger partial charge in [0, 0.05) is 50.0 Å². The summed E-state index contributed by atoms with van der Waals surface area (Å²) in [5.74, 6) is 0.149. The Labute approximate surface area is 159 Å². The van der Waals surface area contributed by atoms with E-state index in [1.807, 2.05) is 47.4 Å². The molecule has 1 aromatic carbocycles. The lowest BCUT2D eigenvalue weighted by molar-refractivity contribution is -0.136. The quantitative estimate of drug-likeness (QED) is 0.882. The standard InChI is InChI=1S/C21H25N3O3/c1-15(25)22-18-8-3-6-16(12-18)19-9-4-10-20(23-19)17-7-5-11-24(13-17)21(26)14-27-2/h3-4,6,8-10,12,17H,5,7,11,13-14H2,1-2H3,(H,22,25)/t17-/m0/s1. The van der Waals surface area contributed by atoms with Gasteiger partial charge in [0.15, 0.2) is 0 Å². The number of pyridine rings is 1. The zero-order valence-corrected chi connectivity index (χ0v) is 15.8. The van der Waals surface area contributed by atoms with Gasteiger partial charge in [-0.25, -0.2) is 0 Å². The van der Waals surface area contributed by atoms with Crippen LogP contribution in [0.3, 0.4) is 0 Å². The molecule has 0 radical (unpaired) electrons. The van der Waals surface area contributed by atoms with Crippen molar-refractivity contribution in [1.82, 2.24) is 9.88 Å². The highest BCUT2D eigenvalue weighted by molar-refractivity contribution is 5.89. The third kappa shape index (κ3) is 4.92. The first kappa shape index (κ1) is 19.0. The van der Waals surface area contributed by atoms with Crippen LogP contribution < -0.4 is 5.32 Å². The van der Waals surface area contributed by atoms with Gasteiger partial charge < -0.3 is 15.0 Å². The number of aromatic nitrogens is 1. The summed E-state index contributed by atoms with van der Waals surface area (Å²) in [5.41, 5.74) is 3.56. The van der Waals surface area contributed by atoms with Crippen LogP contribution in [0.5, 0.6) is 0 Å². The molecule has 6 heteroatoms. The lowest BCUT2D eigenvalue weighted by atomic mass is 9.93. The monoisotopic (exact) mass is 367 g/mol. The van der Waals surface area contributed by atoms with Crippen LogP contribution in [0.4, 0.5) is 5.69 Å². The highest BCUT2D eigenvalue weighted by Crippen LogP contribution is 2.28. The average Bonchev–Trinajstić information content (AvgIpc) is 2.68. The zero-order valence-electron chi connectivity index (χ0n) is 15.8. The molecule has 1 aliphatic rings. The molecule has 0 unspecified atom stereocenters. The Morgan fingerprint density at radius 2 is 2.07 bits per heavy atom. The fraction of sp³-hybridized carbons (Fsp3) is 0.381. The second-order valence-corrected chi connectivity index (χ2v) is 6.82. The molecule has 142 valence electrons. The summed E-state index contributed by atoms with van der Waals surface area (Å²) in [7, 11) is 1.54. The molecular formula is C21H25N3O3. The molecule has 0 bridgehead atoms. The average molecular weight is 367 g/mol. The van der Waals surface area contributed by atoms with Gasteiger partial charge >= 0.3 is 0 Å². The maximum Gasteiger partial charge on any atom is 0.248 e. The molecule has 1 atom stereocenters. The van der Waals surface area contributed by atoms with E-state index in [4.69, 9.17) is 9.72 Å². The van der Waals surface area contributed by atoms with Gasteiger partial charge in [-0.05, 0) is 37.1 Å². The molecule has 1 aromatic heterocycles. The van der Waals surface area contributed by atoms with Crippen LogP contribution in [0.25, 0.3) is 11.3 Å². The molecule has 0 aliphatic carbocycles. The predicted molar refractivity (Wildman–Crippen MR) is 104 cm³/mol. The number of nitrogens with one attached hydrogen (secondary N) is 1. The lowest BCUT2D eigenvalue weighted by Crippen LogP contribution is -2.41. The van der Waals surface area contributed by atoms with Crippen LogP contribution in [0.1, 0.15) is 31.4 Å². The molecule has 2 aromatic rings. The van der Waals surface area contributed by atoms with Gasteiger partial charge in [0.1, 0.15) is 6.61 Å². The van der Waals surface area contributed by atoms with E-state index in [0.29, 0.717) is 6.54 Å². The SMILES string of the molecule is COCC(=O)N1CCC[C@H](c2cccc(-c3cccc(NC(C)=O)c3)n2)C1. The molecule has 0 saturated carbocycles. The number of rotatable bonds is 5. The van der Waals surface area contributed by atoms with Gasteiger partial charge in [-0.3, -0.25) is 14.6 Å². The van der Waals surface area contributed by atoms with Crippen molar-refractivity contribution < 1.29 is 14.3 Å². The molecule has 1 aliphatic heterocycles. The van der Waals surface area contributed by atoms with Crippen LogP contribution in [0.2, 0.25) is 0 Å². The van der Waals surface area contributed by atoms with Crippen molar-refractivity contribution >= 4 is 17.5 Å². The predicted octanol–water partition coefficient (Wildman–Crippen LogP) is 3.06. The summed E-state index contributed by atoms with van der Waals surface area (Å²) in [6.45, 7) is 3.06. The number of carbonyl (C=O) groups excluding carboxylic acids is 2. The number of nitrogens with zero attached hydrogens (tertiary/aromatic N) is 2. The van der Waals surface area contributed by atoms with Crippen LogP contribution in [0, 0.1) is 0 Å². The smallest absolute Gasteiger partial charge is 0.248 e. The Kier molecular flexibility index (Phi) is 6.19. The molecule has 1 N–H and O–H groups in total. The van der Waals surface area contributed by atoms with Gasteiger partial charge in [0.2, 0.25) is 11.8 Å². The van der Waals surface area contributed by atoms with E-state index in [-0.39, 0.29) is 24.3 Å². The van der Waals surface area contributed by atoms with E-state index in [0.717, 1.165) is 42.0 Å². The summed E-state index contributed by atoms with van der Waals surface area (Å²) in [4.78, 5) is 30.1. The summed E-state index contributed by atoms with van der Waals surface area (Å²) in [6, 6.07) is 13.6.